The summed E-state index contributed by atoms with van der Waals surface area (Å²) >= 11 is 5.53. The molecule has 1 aromatic rings. The van der Waals surface area contributed by atoms with Crippen molar-refractivity contribution in [3.05, 3.63) is 35.4 Å². The Bertz CT molecular complexity index is 740. The van der Waals surface area contributed by atoms with Crippen molar-refractivity contribution in [2.75, 3.05) is 0 Å². The van der Waals surface area contributed by atoms with Crippen molar-refractivity contribution in [1.82, 2.24) is 0 Å². The number of carbonyl (C=O) groups excluding carboxylic acids is 1. The van der Waals surface area contributed by atoms with E-state index in [1.807, 2.05) is 0 Å². The maximum Gasteiger partial charge on any atom is 0.346 e. The van der Waals surface area contributed by atoms with Gasteiger partial charge in [0.1, 0.15) is 0 Å². The van der Waals surface area contributed by atoms with Crippen LogP contribution in [0.3, 0.4) is 0 Å². The SMILES string of the molecule is CC(C)OP(=O)(OC(C)C)C(Cc1ccc(C(=O)Cl)cc1)P(=O)(OC(C)C)OC(C)C. The van der Waals surface area contributed by atoms with E-state index in [4.69, 9.17) is 29.7 Å². The van der Waals surface area contributed by atoms with Gasteiger partial charge in [-0.15, -0.1) is 0 Å². The van der Waals surface area contributed by atoms with E-state index in [0.29, 0.717) is 11.1 Å². The summed E-state index contributed by atoms with van der Waals surface area (Å²) in [7, 11) is -7.96. The van der Waals surface area contributed by atoms with Crippen LogP contribution >= 0.6 is 26.8 Å². The van der Waals surface area contributed by atoms with Crippen molar-refractivity contribution in [2.45, 2.75) is 91.6 Å². The number of carbonyl (C=O) groups is 1. The van der Waals surface area contributed by atoms with Crippen molar-refractivity contribution in [1.29, 1.82) is 0 Å². The van der Waals surface area contributed by atoms with Gasteiger partial charge in [0.05, 0.1) is 24.4 Å². The summed E-state index contributed by atoms with van der Waals surface area (Å²) in [6.45, 7) is 13.8. The Hall–Kier alpha value is -0.520. The Kier molecular flexibility index (Phi) is 11.1. The molecule has 0 N–H and O–H groups in total. The summed E-state index contributed by atoms with van der Waals surface area (Å²) in [4.78, 5) is 11.4. The highest BCUT2D eigenvalue weighted by molar-refractivity contribution is 7.72. The molecular formula is C21H35ClO7P2. The molecule has 0 saturated carbocycles. The van der Waals surface area contributed by atoms with Gasteiger partial charge in [0.2, 0.25) is 0 Å². The van der Waals surface area contributed by atoms with Crippen LogP contribution in [0.15, 0.2) is 24.3 Å². The predicted octanol–water partition coefficient (Wildman–Crippen LogP) is 7.02. The molecule has 0 atom stereocenters. The van der Waals surface area contributed by atoms with Crippen molar-refractivity contribution in [2.24, 2.45) is 0 Å². The van der Waals surface area contributed by atoms with E-state index < -0.39 is 50.2 Å². The fourth-order valence-corrected chi connectivity index (χ4v) is 8.93. The zero-order valence-corrected chi connectivity index (χ0v) is 22.1. The van der Waals surface area contributed by atoms with E-state index in [1.54, 1.807) is 79.7 Å². The number of rotatable bonds is 13. The standard InChI is InChI=1S/C21H35ClO7P2/c1-14(2)26-30(24,27-15(3)4)20(31(25,28-16(5)6)29-17(7)8)13-18-9-11-19(12-10-18)21(22)23/h9-12,14-17,20H,13H2,1-8H3. The molecule has 0 radical (unpaired) electrons. The summed E-state index contributed by atoms with van der Waals surface area (Å²) in [5.41, 5.74) is 0.980. The minimum absolute atomic E-state index is 0.0319. The second-order valence-corrected chi connectivity index (χ2v) is 13.4. The molecule has 0 aliphatic carbocycles. The third kappa shape index (κ3) is 9.09. The molecule has 1 aromatic carbocycles. The predicted molar refractivity (Wildman–Crippen MR) is 124 cm³/mol. The lowest BCUT2D eigenvalue weighted by Crippen LogP contribution is -2.25. The second-order valence-electron chi connectivity index (χ2n) is 8.35. The lowest BCUT2D eigenvalue weighted by molar-refractivity contribution is 0.107. The quantitative estimate of drug-likeness (QED) is 0.214. The lowest BCUT2D eigenvalue weighted by atomic mass is 10.1. The van der Waals surface area contributed by atoms with E-state index in [0.717, 1.165) is 0 Å². The first kappa shape index (κ1) is 28.5. The molecular weight excluding hydrogens is 462 g/mol. The van der Waals surface area contributed by atoms with Gasteiger partial charge >= 0.3 is 15.2 Å². The third-order valence-electron chi connectivity index (χ3n) is 3.76. The Balaban J connectivity index is 3.58. The van der Waals surface area contributed by atoms with Crippen LogP contribution in [0.5, 0.6) is 0 Å². The first-order chi connectivity index (χ1) is 14.2. The van der Waals surface area contributed by atoms with Crippen molar-refractivity contribution < 1.29 is 32.0 Å². The highest BCUT2D eigenvalue weighted by Crippen LogP contribution is 2.72. The first-order valence-electron chi connectivity index (χ1n) is 10.4. The van der Waals surface area contributed by atoms with Gasteiger partial charge in [0.15, 0.2) is 5.40 Å². The Morgan fingerprint density at radius 2 is 1.06 bits per heavy atom. The van der Waals surface area contributed by atoms with E-state index in [2.05, 4.69) is 0 Å². The normalized spacial score (nSPS) is 13.2. The van der Waals surface area contributed by atoms with Crippen LogP contribution in [0.25, 0.3) is 0 Å². The van der Waals surface area contributed by atoms with Crippen LogP contribution in [-0.4, -0.2) is 35.1 Å². The molecule has 0 spiro atoms. The molecule has 0 heterocycles. The number of hydrogen-bond acceptors (Lipinski definition) is 7. The molecule has 0 bridgehead atoms. The molecule has 10 heteroatoms. The molecule has 0 unspecified atom stereocenters. The van der Waals surface area contributed by atoms with Crippen LogP contribution in [0.4, 0.5) is 0 Å². The van der Waals surface area contributed by atoms with E-state index in [-0.39, 0.29) is 6.42 Å². The van der Waals surface area contributed by atoms with Crippen LogP contribution < -0.4 is 0 Å². The Morgan fingerprint density at radius 1 is 0.742 bits per heavy atom. The van der Waals surface area contributed by atoms with Crippen LogP contribution in [-0.2, 0) is 33.6 Å². The average Bonchev–Trinajstić information content (AvgIpc) is 2.56. The maximum absolute atomic E-state index is 14.1. The monoisotopic (exact) mass is 496 g/mol. The fourth-order valence-electron chi connectivity index (χ4n) is 2.89. The molecule has 1 rings (SSSR count). The number of benzene rings is 1. The highest BCUT2D eigenvalue weighted by Gasteiger charge is 2.52. The number of halogens is 1. The molecule has 0 aliphatic rings. The first-order valence-corrected chi connectivity index (χ1v) is 14.0. The fraction of sp³-hybridized carbons (Fsp3) is 0.667. The van der Waals surface area contributed by atoms with Gasteiger partial charge in [-0.25, -0.2) is 0 Å². The molecule has 0 aliphatic heterocycles. The van der Waals surface area contributed by atoms with E-state index in [1.165, 1.54) is 0 Å². The molecule has 31 heavy (non-hydrogen) atoms. The van der Waals surface area contributed by atoms with Gasteiger partial charge in [0.25, 0.3) is 5.24 Å². The summed E-state index contributed by atoms with van der Waals surface area (Å²) < 4.78 is 51.3. The number of hydrogen-bond donors (Lipinski definition) is 0. The highest BCUT2D eigenvalue weighted by atomic mass is 35.5. The molecule has 178 valence electrons. The second kappa shape index (κ2) is 12.1. The Morgan fingerprint density at radius 3 is 1.32 bits per heavy atom. The summed E-state index contributed by atoms with van der Waals surface area (Å²) in [6.07, 6.45) is -1.76. The van der Waals surface area contributed by atoms with E-state index in [9.17, 15) is 13.9 Å². The van der Waals surface area contributed by atoms with Gasteiger partial charge in [0, 0.05) is 5.56 Å². The van der Waals surface area contributed by atoms with Gasteiger partial charge < -0.3 is 18.1 Å². The largest absolute Gasteiger partial charge is 0.346 e. The molecule has 7 nitrogen and oxygen atoms in total. The van der Waals surface area contributed by atoms with Crippen molar-refractivity contribution in [3.8, 4) is 0 Å². The van der Waals surface area contributed by atoms with Gasteiger partial charge in [-0.3, -0.25) is 13.9 Å². The van der Waals surface area contributed by atoms with Gasteiger partial charge in [-0.1, -0.05) is 12.1 Å². The lowest BCUT2D eigenvalue weighted by Gasteiger charge is -2.35. The Labute approximate surface area is 191 Å². The van der Waals surface area contributed by atoms with Crippen LogP contribution in [0.1, 0.15) is 71.3 Å². The molecule has 0 saturated heterocycles. The molecule has 0 aromatic heterocycles. The zero-order valence-electron chi connectivity index (χ0n) is 19.5. The van der Waals surface area contributed by atoms with Crippen molar-refractivity contribution >= 4 is 32.0 Å². The van der Waals surface area contributed by atoms with Gasteiger partial charge in [-0.05, 0) is 91.1 Å². The van der Waals surface area contributed by atoms with Crippen molar-refractivity contribution in [3.63, 3.8) is 0 Å². The third-order valence-corrected chi connectivity index (χ3v) is 10.4. The van der Waals surface area contributed by atoms with Gasteiger partial charge in [-0.2, -0.15) is 0 Å². The molecule has 0 amide bonds. The van der Waals surface area contributed by atoms with Crippen LogP contribution in [0, 0.1) is 0 Å². The minimum Gasteiger partial charge on any atom is -0.305 e. The molecule has 0 fully saturated rings. The maximum atomic E-state index is 14.1. The minimum atomic E-state index is -3.98. The summed E-state index contributed by atoms with van der Waals surface area (Å²) in [5.74, 6) is 0. The van der Waals surface area contributed by atoms with Crippen LogP contribution in [0.2, 0.25) is 0 Å². The topological polar surface area (TPSA) is 88.1 Å². The summed E-state index contributed by atoms with van der Waals surface area (Å²) in [6, 6.07) is 6.42. The average molecular weight is 497 g/mol. The smallest absolute Gasteiger partial charge is 0.305 e. The van der Waals surface area contributed by atoms with E-state index >= 15 is 0 Å². The summed E-state index contributed by atoms with van der Waals surface area (Å²) in [5, 5.41) is -1.79. The zero-order chi connectivity index (χ0) is 24.0.